The Morgan fingerprint density at radius 1 is 1.09 bits per heavy atom. The molecule has 2 aromatic heterocycles. The number of aromatic nitrogens is 4. The van der Waals surface area contributed by atoms with Crippen LogP contribution in [0.4, 0.5) is 5.82 Å². The Balaban J connectivity index is 1.51. The second-order valence-corrected chi connectivity index (χ2v) is 5.86. The van der Waals surface area contributed by atoms with E-state index in [2.05, 4.69) is 25.0 Å². The van der Waals surface area contributed by atoms with E-state index in [1.807, 2.05) is 36.7 Å². The van der Waals surface area contributed by atoms with E-state index in [0.717, 1.165) is 16.7 Å². The van der Waals surface area contributed by atoms with Crippen LogP contribution in [0.1, 0.15) is 37.3 Å². The average molecular weight is 309 g/mol. The maximum atomic E-state index is 5.56. The fourth-order valence-corrected chi connectivity index (χ4v) is 3.14. The van der Waals surface area contributed by atoms with E-state index >= 15 is 0 Å². The molecule has 0 spiro atoms. The van der Waals surface area contributed by atoms with Gasteiger partial charge in [0.25, 0.3) is 0 Å². The zero-order chi connectivity index (χ0) is 15.5. The van der Waals surface area contributed by atoms with Crippen molar-refractivity contribution >= 4 is 17.0 Å². The lowest BCUT2D eigenvalue weighted by Crippen LogP contribution is -2.06. The first kappa shape index (κ1) is 14.1. The molecule has 0 aliphatic heterocycles. The molecule has 0 unspecified atom stereocenters. The molecule has 0 saturated heterocycles. The van der Waals surface area contributed by atoms with Crippen LogP contribution in [-0.4, -0.2) is 19.5 Å². The highest BCUT2D eigenvalue weighted by atomic mass is 16.6. The molecule has 1 aromatic carbocycles. The number of anilines is 1. The van der Waals surface area contributed by atoms with Gasteiger partial charge in [-0.25, -0.2) is 20.4 Å². The molecule has 1 saturated carbocycles. The maximum Gasteiger partial charge on any atom is 0.181 e. The van der Waals surface area contributed by atoms with Crippen molar-refractivity contribution in [1.82, 2.24) is 19.5 Å². The highest BCUT2D eigenvalue weighted by Crippen LogP contribution is 2.32. The summed E-state index contributed by atoms with van der Waals surface area (Å²) in [4.78, 5) is 18.7. The number of fused-ring (bicyclic) bond motifs is 1. The van der Waals surface area contributed by atoms with Crippen molar-refractivity contribution in [3.63, 3.8) is 0 Å². The van der Waals surface area contributed by atoms with Crippen molar-refractivity contribution in [2.45, 2.75) is 38.3 Å². The van der Waals surface area contributed by atoms with Gasteiger partial charge < -0.3 is 4.57 Å². The topological polar surface area (TPSA) is 64.9 Å². The highest BCUT2D eigenvalue weighted by Gasteiger charge is 2.20. The van der Waals surface area contributed by atoms with Gasteiger partial charge in [-0.3, -0.25) is 4.84 Å². The van der Waals surface area contributed by atoms with Gasteiger partial charge in [-0.2, -0.15) is 0 Å². The number of hydrogen-bond donors (Lipinski definition) is 1. The van der Waals surface area contributed by atoms with Gasteiger partial charge >= 0.3 is 0 Å². The van der Waals surface area contributed by atoms with E-state index in [0.29, 0.717) is 18.5 Å². The molecular formula is C17H19N5O. The van der Waals surface area contributed by atoms with Crippen LogP contribution in [0, 0.1) is 0 Å². The third-order valence-electron chi connectivity index (χ3n) is 4.33. The molecule has 0 atom stereocenters. The van der Waals surface area contributed by atoms with Crippen LogP contribution in [0.5, 0.6) is 0 Å². The van der Waals surface area contributed by atoms with Crippen LogP contribution in [0.2, 0.25) is 0 Å². The summed E-state index contributed by atoms with van der Waals surface area (Å²) >= 11 is 0. The van der Waals surface area contributed by atoms with Crippen molar-refractivity contribution in [2.24, 2.45) is 0 Å². The summed E-state index contributed by atoms with van der Waals surface area (Å²) in [7, 11) is 0. The monoisotopic (exact) mass is 309 g/mol. The second-order valence-electron chi connectivity index (χ2n) is 5.86. The van der Waals surface area contributed by atoms with Crippen LogP contribution in [-0.2, 0) is 11.4 Å². The zero-order valence-corrected chi connectivity index (χ0v) is 12.9. The van der Waals surface area contributed by atoms with Gasteiger partial charge in [-0.1, -0.05) is 43.2 Å². The molecule has 0 bridgehead atoms. The molecule has 23 heavy (non-hydrogen) atoms. The fraction of sp³-hybridized carbons (Fsp3) is 0.353. The summed E-state index contributed by atoms with van der Waals surface area (Å²) in [6.45, 7) is 0.468. The molecule has 4 rings (SSSR count). The number of benzene rings is 1. The summed E-state index contributed by atoms with van der Waals surface area (Å²) < 4.78 is 2.17. The van der Waals surface area contributed by atoms with Gasteiger partial charge in [0.1, 0.15) is 6.33 Å². The van der Waals surface area contributed by atoms with Gasteiger partial charge in [0.2, 0.25) is 0 Å². The van der Waals surface area contributed by atoms with Crippen molar-refractivity contribution in [1.29, 1.82) is 0 Å². The van der Waals surface area contributed by atoms with Crippen molar-refractivity contribution in [2.75, 3.05) is 5.48 Å². The molecule has 3 aromatic rings. The summed E-state index contributed by atoms with van der Waals surface area (Å²) in [6.07, 6.45) is 8.38. The Bertz CT molecular complexity index is 780. The van der Waals surface area contributed by atoms with Gasteiger partial charge in [0, 0.05) is 6.04 Å². The number of imidazole rings is 1. The minimum Gasteiger partial charge on any atom is -0.312 e. The number of rotatable bonds is 5. The predicted octanol–water partition coefficient (Wildman–Crippen LogP) is 3.49. The van der Waals surface area contributed by atoms with E-state index in [1.54, 1.807) is 6.33 Å². The normalized spacial score (nSPS) is 15.3. The zero-order valence-electron chi connectivity index (χ0n) is 12.9. The maximum absolute atomic E-state index is 5.56. The Hall–Kier alpha value is -2.47. The summed E-state index contributed by atoms with van der Waals surface area (Å²) in [5.74, 6) is 0.614. The van der Waals surface area contributed by atoms with Gasteiger partial charge in [-0.05, 0) is 18.4 Å². The van der Waals surface area contributed by atoms with Crippen molar-refractivity contribution in [3.05, 3.63) is 48.5 Å². The van der Waals surface area contributed by atoms with E-state index < -0.39 is 0 Å². The largest absolute Gasteiger partial charge is 0.312 e. The highest BCUT2D eigenvalue weighted by molar-refractivity contribution is 5.82. The Kier molecular flexibility index (Phi) is 3.90. The SMILES string of the molecule is c1ccc(CONc2ncnc3c2ncn3C2CCCC2)cc1. The minimum absolute atomic E-state index is 0.468. The van der Waals surface area contributed by atoms with Gasteiger partial charge in [0.15, 0.2) is 17.0 Å². The standard InChI is InChI=1S/C17H19N5O/c1-2-6-13(7-3-1)10-23-21-16-15-17(19-11-18-16)22(12-20-15)14-8-4-5-9-14/h1-3,6-7,11-12,14H,4-5,8-10H2,(H,18,19,21). The third-order valence-corrected chi connectivity index (χ3v) is 4.33. The Morgan fingerprint density at radius 2 is 1.91 bits per heavy atom. The lowest BCUT2D eigenvalue weighted by Gasteiger charge is -2.11. The molecule has 1 fully saturated rings. The molecule has 6 heteroatoms. The fourth-order valence-electron chi connectivity index (χ4n) is 3.14. The molecule has 0 radical (unpaired) electrons. The third kappa shape index (κ3) is 2.90. The van der Waals surface area contributed by atoms with E-state index in [4.69, 9.17) is 4.84 Å². The molecule has 1 aliphatic carbocycles. The van der Waals surface area contributed by atoms with Crippen LogP contribution in [0.15, 0.2) is 43.0 Å². The van der Waals surface area contributed by atoms with E-state index in [9.17, 15) is 0 Å². The molecule has 0 amide bonds. The van der Waals surface area contributed by atoms with Gasteiger partial charge in [0.05, 0.1) is 12.9 Å². The first-order valence-electron chi connectivity index (χ1n) is 8.01. The van der Waals surface area contributed by atoms with Crippen molar-refractivity contribution in [3.8, 4) is 0 Å². The lowest BCUT2D eigenvalue weighted by molar-refractivity contribution is 0.179. The Morgan fingerprint density at radius 3 is 2.74 bits per heavy atom. The van der Waals surface area contributed by atoms with E-state index in [-0.39, 0.29) is 0 Å². The first-order chi connectivity index (χ1) is 11.4. The summed E-state index contributed by atoms with van der Waals surface area (Å²) in [5, 5.41) is 0. The quantitative estimate of drug-likeness (QED) is 0.731. The molecule has 6 nitrogen and oxygen atoms in total. The first-order valence-corrected chi connectivity index (χ1v) is 8.01. The number of nitrogens with one attached hydrogen (secondary N) is 1. The van der Waals surface area contributed by atoms with Crippen LogP contribution in [0.3, 0.4) is 0 Å². The summed E-state index contributed by atoms with van der Waals surface area (Å²) in [6, 6.07) is 10.5. The second kappa shape index (κ2) is 6.34. The predicted molar refractivity (Wildman–Crippen MR) is 87.7 cm³/mol. The molecular weight excluding hydrogens is 290 g/mol. The number of hydrogen-bond acceptors (Lipinski definition) is 5. The average Bonchev–Trinajstić information content (AvgIpc) is 3.25. The number of nitrogens with zero attached hydrogens (tertiary/aromatic N) is 4. The van der Waals surface area contributed by atoms with Crippen LogP contribution < -0.4 is 5.48 Å². The van der Waals surface area contributed by atoms with Crippen LogP contribution >= 0.6 is 0 Å². The van der Waals surface area contributed by atoms with Crippen molar-refractivity contribution < 1.29 is 4.84 Å². The van der Waals surface area contributed by atoms with Crippen LogP contribution in [0.25, 0.3) is 11.2 Å². The smallest absolute Gasteiger partial charge is 0.181 e. The lowest BCUT2D eigenvalue weighted by atomic mass is 10.2. The molecule has 1 aliphatic rings. The molecule has 118 valence electrons. The molecule has 2 heterocycles. The summed E-state index contributed by atoms with van der Waals surface area (Å²) in [5.41, 5.74) is 5.64. The Labute approximate surface area is 134 Å². The molecule has 1 N–H and O–H groups in total. The van der Waals surface area contributed by atoms with E-state index in [1.165, 1.54) is 25.7 Å². The van der Waals surface area contributed by atoms with Gasteiger partial charge in [-0.15, -0.1) is 0 Å². The minimum atomic E-state index is 0.468.